The zero-order valence-electron chi connectivity index (χ0n) is 19.2. The fourth-order valence-electron chi connectivity index (χ4n) is 2.73. The minimum atomic E-state index is -1.36. The number of rotatable bonds is 16. The van der Waals surface area contributed by atoms with E-state index >= 15 is 0 Å². The van der Waals surface area contributed by atoms with Crippen LogP contribution in [0.1, 0.15) is 39.5 Å². The van der Waals surface area contributed by atoms with Crippen LogP contribution in [0.25, 0.3) is 0 Å². The van der Waals surface area contributed by atoms with Crippen LogP contribution in [0.3, 0.4) is 0 Å². The molecule has 0 aliphatic heterocycles. The average molecular weight is 506 g/mol. The van der Waals surface area contributed by atoms with Gasteiger partial charge in [0.2, 0.25) is 17.7 Å². The molecule has 0 aromatic rings. The topological polar surface area (TPSA) is 252 Å². The predicted octanol–water partition coefficient (Wildman–Crippen LogP) is -2.64. The molecule has 15 heteroatoms. The molecule has 0 saturated heterocycles. The van der Waals surface area contributed by atoms with Crippen LogP contribution < -0.4 is 33.2 Å². The van der Waals surface area contributed by atoms with Crippen molar-refractivity contribution < 1.29 is 34.2 Å². The number of carboxylic acid groups (broad SMARTS) is 2. The lowest BCUT2D eigenvalue weighted by Crippen LogP contribution is -2.59. The summed E-state index contributed by atoms with van der Waals surface area (Å²) in [5, 5.41) is 25.4. The summed E-state index contributed by atoms with van der Waals surface area (Å²) in [5.41, 5.74) is 16.0. The lowest BCUT2D eigenvalue weighted by atomic mass is 9.97. The van der Waals surface area contributed by atoms with Crippen molar-refractivity contribution in [3.63, 3.8) is 0 Å². The molecule has 11 N–H and O–H groups in total. The predicted molar refractivity (Wildman–Crippen MR) is 127 cm³/mol. The van der Waals surface area contributed by atoms with Gasteiger partial charge in [0.15, 0.2) is 5.96 Å². The third-order valence-corrected chi connectivity index (χ3v) is 5.27. The second-order valence-corrected chi connectivity index (χ2v) is 8.03. The number of aliphatic carboxylic acids is 2. The Morgan fingerprint density at radius 3 is 2.03 bits per heavy atom. The second kappa shape index (κ2) is 15.7. The molecule has 0 bridgehead atoms. The number of guanidine groups is 1. The van der Waals surface area contributed by atoms with E-state index in [-0.39, 0.29) is 37.0 Å². The first-order valence-corrected chi connectivity index (χ1v) is 11.2. The summed E-state index contributed by atoms with van der Waals surface area (Å²) in [7, 11) is 0. The summed E-state index contributed by atoms with van der Waals surface area (Å²) in [5.74, 6) is -5.57. The maximum absolute atomic E-state index is 12.8. The van der Waals surface area contributed by atoms with Gasteiger partial charge in [-0.1, -0.05) is 20.3 Å². The molecule has 0 aromatic heterocycles. The van der Waals surface area contributed by atoms with Gasteiger partial charge in [0.1, 0.15) is 18.1 Å². The van der Waals surface area contributed by atoms with E-state index in [4.69, 9.17) is 22.3 Å². The van der Waals surface area contributed by atoms with Gasteiger partial charge in [-0.15, -0.1) is 0 Å². The number of hydrogen-bond acceptors (Lipinski definition) is 8. The summed E-state index contributed by atoms with van der Waals surface area (Å²) < 4.78 is 0. The standard InChI is InChI=1S/C19H35N7O7S/c1-3-9(2)14(26-15(29)10(20)7-13(27)28)17(31)25-12(8-34)16(30)24-11(18(32)33)5-4-6-23-19(21)22/h9-12,14,34H,3-8,20H2,1-2H3,(H,24,30)(H,25,31)(H,26,29)(H,27,28)(H,32,33)(H4,21,22,23). The third-order valence-electron chi connectivity index (χ3n) is 4.90. The molecule has 0 saturated carbocycles. The van der Waals surface area contributed by atoms with Gasteiger partial charge in [-0.25, -0.2) is 4.79 Å². The Morgan fingerprint density at radius 2 is 1.56 bits per heavy atom. The Kier molecular flexibility index (Phi) is 14.3. The Hall–Kier alpha value is -3.07. The van der Waals surface area contributed by atoms with Crippen molar-refractivity contribution >= 4 is 48.2 Å². The van der Waals surface area contributed by atoms with E-state index in [9.17, 15) is 29.1 Å². The van der Waals surface area contributed by atoms with E-state index < -0.39 is 60.2 Å². The molecule has 0 aliphatic rings. The number of carbonyl (C=O) groups excluding carboxylic acids is 3. The third kappa shape index (κ3) is 11.7. The van der Waals surface area contributed by atoms with Gasteiger partial charge in [-0.3, -0.25) is 24.2 Å². The van der Waals surface area contributed by atoms with Crippen molar-refractivity contribution in [2.45, 2.75) is 63.7 Å². The maximum Gasteiger partial charge on any atom is 0.326 e. The molecule has 5 unspecified atom stereocenters. The number of carbonyl (C=O) groups is 5. The molecule has 0 heterocycles. The molecule has 14 nitrogen and oxygen atoms in total. The van der Waals surface area contributed by atoms with Gasteiger partial charge in [0, 0.05) is 12.3 Å². The van der Waals surface area contributed by atoms with Gasteiger partial charge >= 0.3 is 11.9 Å². The van der Waals surface area contributed by atoms with Crippen LogP contribution in [-0.2, 0) is 24.0 Å². The molecular weight excluding hydrogens is 470 g/mol. The van der Waals surface area contributed by atoms with Crippen LogP contribution in [0.5, 0.6) is 0 Å². The normalized spacial score (nSPS) is 15.1. The van der Waals surface area contributed by atoms with Gasteiger partial charge in [-0.2, -0.15) is 12.6 Å². The van der Waals surface area contributed by atoms with Gasteiger partial charge in [-0.05, 0) is 18.8 Å². The largest absolute Gasteiger partial charge is 0.481 e. The summed E-state index contributed by atoms with van der Waals surface area (Å²) >= 11 is 4.05. The quantitative estimate of drug-likeness (QED) is 0.0456. The van der Waals surface area contributed by atoms with Crippen molar-refractivity contribution in [2.75, 3.05) is 12.3 Å². The highest BCUT2D eigenvalue weighted by Gasteiger charge is 2.32. The zero-order valence-corrected chi connectivity index (χ0v) is 20.1. The maximum atomic E-state index is 12.8. The minimum absolute atomic E-state index is 0.0398. The van der Waals surface area contributed by atoms with Crippen molar-refractivity contribution in [1.29, 1.82) is 0 Å². The van der Waals surface area contributed by atoms with Crippen molar-refractivity contribution in [3.8, 4) is 0 Å². The molecule has 0 radical (unpaired) electrons. The van der Waals surface area contributed by atoms with Crippen molar-refractivity contribution in [2.24, 2.45) is 28.1 Å². The lowest BCUT2D eigenvalue weighted by molar-refractivity contribution is -0.142. The van der Waals surface area contributed by atoms with Crippen LogP contribution in [-0.4, -0.2) is 82.3 Å². The monoisotopic (exact) mass is 505 g/mol. The van der Waals surface area contributed by atoms with E-state index in [0.717, 1.165) is 0 Å². The van der Waals surface area contributed by atoms with Gasteiger partial charge < -0.3 is 43.4 Å². The number of amides is 3. The zero-order chi connectivity index (χ0) is 26.4. The Morgan fingerprint density at radius 1 is 0.971 bits per heavy atom. The number of nitrogens with zero attached hydrogens (tertiary/aromatic N) is 1. The smallest absolute Gasteiger partial charge is 0.326 e. The van der Waals surface area contributed by atoms with Crippen LogP contribution >= 0.6 is 12.6 Å². The molecule has 3 amide bonds. The summed E-state index contributed by atoms with van der Waals surface area (Å²) in [4.78, 5) is 63.7. The number of aliphatic imine (C=N–C) groups is 1. The van der Waals surface area contributed by atoms with Crippen molar-refractivity contribution in [1.82, 2.24) is 16.0 Å². The molecule has 5 atom stereocenters. The molecule has 0 fully saturated rings. The number of nitrogens with two attached hydrogens (primary N) is 3. The summed E-state index contributed by atoms with van der Waals surface area (Å²) in [6.07, 6.45) is 0.174. The molecule has 34 heavy (non-hydrogen) atoms. The molecule has 0 aromatic carbocycles. The number of thiol groups is 1. The van der Waals surface area contributed by atoms with E-state index in [2.05, 4.69) is 33.6 Å². The molecule has 0 aliphatic carbocycles. The minimum Gasteiger partial charge on any atom is -0.481 e. The first-order valence-electron chi connectivity index (χ1n) is 10.6. The number of carboxylic acids is 2. The summed E-state index contributed by atoms with van der Waals surface area (Å²) in [6.45, 7) is 3.63. The van der Waals surface area contributed by atoms with E-state index in [0.29, 0.717) is 6.42 Å². The highest BCUT2D eigenvalue weighted by molar-refractivity contribution is 7.80. The Bertz CT molecular complexity index is 761. The lowest BCUT2D eigenvalue weighted by Gasteiger charge is -2.27. The van der Waals surface area contributed by atoms with Crippen LogP contribution in [0.15, 0.2) is 4.99 Å². The fourth-order valence-corrected chi connectivity index (χ4v) is 2.99. The Balaban J connectivity index is 5.25. The summed E-state index contributed by atoms with van der Waals surface area (Å²) in [6, 6.07) is -4.93. The first kappa shape index (κ1) is 30.9. The van der Waals surface area contributed by atoms with E-state index in [1.54, 1.807) is 13.8 Å². The van der Waals surface area contributed by atoms with Crippen LogP contribution in [0.2, 0.25) is 0 Å². The average Bonchev–Trinajstić information content (AvgIpc) is 2.75. The molecule has 194 valence electrons. The van der Waals surface area contributed by atoms with E-state index in [1.165, 1.54) is 0 Å². The molecule has 0 rings (SSSR count). The van der Waals surface area contributed by atoms with Crippen LogP contribution in [0.4, 0.5) is 0 Å². The SMILES string of the molecule is CCC(C)C(NC(=O)C(N)CC(=O)O)C(=O)NC(CS)C(=O)NC(CCCN=C(N)N)C(=O)O. The van der Waals surface area contributed by atoms with Crippen molar-refractivity contribution in [3.05, 3.63) is 0 Å². The number of hydrogen-bond donors (Lipinski definition) is 9. The number of nitrogens with one attached hydrogen (secondary N) is 3. The molecule has 0 spiro atoms. The van der Waals surface area contributed by atoms with E-state index in [1.807, 2.05) is 0 Å². The highest BCUT2D eigenvalue weighted by Crippen LogP contribution is 2.10. The first-order chi connectivity index (χ1) is 15.8. The van der Waals surface area contributed by atoms with Crippen LogP contribution in [0, 0.1) is 5.92 Å². The highest BCUT2D eigenvalue weighted by atomic mass is 32.1. The Labute approximate surface area is 202 Å². The second-order valence-electron chi connectivity index (χ2n) is 7.67. The van der Waals surface area contributed by atoms with Gasteiger partial charge in [0.25, 0.3) is 0 Å². The fraction of sp³-hybridized carbons (Fsp3) is 0.684. The molecular formula is C19H35N7O7S. The van der Waals surface area contributed by atoms with Gasteiger partial charge in [0.05, 0.1) is 12.5 Å².